The second kappa shape index (κ2) is 5.47. The molecule has 3 heterocycles. The fourth-order valence-electron chi connectivity index (χ4n) is 1.93. The molecule has 8 nitrogen and oxygen atoms in total. The topological polar surface area (TPSA) is 118 Å². The molecule has 1 aliphatic rings. The van der Waals surface area contributed by atoms with Gasteiger partial charge in [0.15, 0.2) is 5.96 Å². The molecule has 1 aliphatic heterocycles. The molecule has 2 aromatic rings. The largest absolute Gasteiger partial charge is 0.378 e. The van der Waals surface area contributed by atoms with Crippen molar-refractivity contribution in [3.8, 4) is 11.4 Å². The minimum atomic E-state index is 0.00418. The number of guanidine groups is 1. The van der Waals surface area contributed by atoms with Crippen LogP contribution in [0.2, 0.25) is 0 Å². The van der Waals surface area contributed by atoms with Crippen molar-refractivity contribution >= 4 is 28.4 Å². The molecule has 0 spiro atoms. The van der Waals surface area contributed by atoms with Crippen LogP contribution in [0.4, 0.5) is 11.1 Å². The van der Waals surface area contributed by atoms with Gasteiger partial charge in [-0.2, -0.15) is 4.99 Å². The normalized spacial score (nSPS) is 15.3. The zero-order valence-electron chi connectivity index (χ0n) is 10.7. The first-order valence-electron chi connectivity index (χ1n) is 6.15. The first-order valence-corrected chi connectivity index (χ1v) is 7.03. The summed E-state index contributed by atoms with van der Waals surface area (Å²) in [6.45, 7) is 3.12. The number of nitrogens with zero attached hydrogens (tertiary/aromatic N) is 4. The molecule has 0 amide bonds. The van der Waals surface area contributed by atoms with Crippen molar-refractivity contribution in [2.24, 2.45) is 16.5 Å². The summed E-state index contributed by atoms with van der Waals surface area (Å²) in [6, 6.07) is 0. The molecular formula is C11H15N7OS. The molecule has 106 valence electrons. The molecule has 0 aliphatic carbocycles. The summed E-state index contributed by atoms with van der Waals surface area (Å²) in [7, 11) is 0. The number of aliphatic imine (C=N–C) groups is 1. The van der Waals surface area contributed by atoms with Gasteiger partial charge in [0.05, 0.1) is 25.1 Å². The van der Waals surface area contributed by atoms with Crippen LogP contribution in [0.25, 0.3) is 11.4 Å². The Morgan fingerprint density at radius 1 is 1.40 bits per heavy atom. The molecule has 0 aromatic carbocycles. The Hall–Kier alpha value is -2.13. The molecule has 9 heteroatoms. The van der Waals surface area contributed by atoms with E-state index < -0.39 is 0 Å². The first kappa shape index (κ1) is 12.9. The van der Waals surface area contributed by atoms with E-state index in [2.05, 4.69) is 24.8 Å². The second-order valence-electron chi connectivity index (χ2n) is 4.27. The number of aromatic amines is 1. The van der Waals surface area contributed by atoms with Crippen LogP contribution in [-0.4, -0.2) is 47.2 Å². The second-order valence-corrected chi connectivity index (χ2v) is 5.11. The van der Waals surface area contributed by atoms with Crippen LogP contribution in [-0.2, 0) is 4.74 Å². The molecular weight excluding hydrogens is 278 g/mol. The highest BCUT2D eigenvalue weighted by atomic mass is 32.1. The van der Waals surface area contributed by atoms with Gasteiger partial charge in [0.2, 0.25) is 11.1 Å². The van der Waals surface area contributed by atoms with E-state index in [0.717, 1.165) is 43.6 Å². The van der Waals surface area contributed by atoms with Gasteiger partial charge in [-0.1, -0.05) is 0 Å². The number of morpholine rings is 1. The highest BCUT2D eigenvalue weighted by molar-refractivity contribution is 7.13. The van der Waals surface area contributed by atoms with Gasteiger partial charge >= 0.3 is 0 Å². The van der Waals surface area contributed by atoms with Crippen molar-refractivity contribution in [3.63, 3.8) is 0 Å². The SMILES string of the molecule is NC(N)=Nc1nc(-c2cnc(N3CCOCC3)[nH]2)cs1. The number of thiazole rings is 1. The summed E-state index contributed by atoms with van der Waals surface area (Å²) in [5.74, 6) is 0.837. The summed E-state index contributed by atoms with van der Waals surface area (Å²) in [5.41, 5.74) is 12.3. The number of anilines is 1. The lowest BCUT2D eigenvalue weighted by Gasteiger charge is -2.26. The number of imidazole rings is 1. The van der Waals surface area contributed by atoms with Crippen molar-refractivity contribution in [1.82, 2.24) is 15.0 Å². The van der Waals surface area contributed by atoms with Crippen molar-refractivity contribution in [2.45, 2.75) is 0 Å². The maximum Gasteiger partial charge on any atom is 0.212 e. The van der Waals surface area contributed by atoms with E-state index in [1.54, 1.807) is 6.20 Å². The Labute approximate surface area is 119 Å². The number of aromatic nitrogens is 3. The van der Waals surface area contributed by atoms with E-state index in [0.29, 0.717) is 5.13 Å². The van der Waals surface area contributed by atoms with Crippen LogP contribution >= 0.6 is 11.3 Å². The van der Waals surface area contributed by atoms with Gasteiger partial charge in [0, 0.05) is 18.5 Å². The Balaban J connectivity index is 1.79. The Kier molecular flexibility index (Phi) is 3.52. The summed E-state index contributed by atoms with van der Waals surface area (Å²) < 4.78 is 5.32. The van der Waals surface area contributed by atoms with Gasteiger partial charge in [-0.15, -0.1) is 11.3 Å². The summed E-state index contributed by atoms with van der Waals surface area (Å²) in [6.07, 6.45) is 1.76. The van der Waals surface area contributed by atoms with Gasteiger partial charge in [0.1, 0.15) is 5.69 Å². The molecule has 0 radical (unpaired) electrons. The van der Waals surface area contributed by atoms with E-state index in [4.69, 9.17) is 16.2 Å². The Morgan fingerprint density at radius 3 is 2.95 bits per heavy atom. The van der Waals surface area contributed by atoms with E-state index >= 15 is 0 Å². The van der Waals surface area contributed by atoms with Crippen molar-refractivity contribution < 1.29 is 4.74 Å². The third-order valence-electron chi connectivity index (χ3n) is 2.87. The molecule has 3 rings (SSSR count). The van der Waals surface area contributed by atoms with Gasteiger partial charge in [-0.25, -0.2) is 9.97 Å². The predicted octanol–water partition coefficient (Wildman–Crippen LogP) is 0.275. The average Bonchev–Trinajstić information content (AvgIpc) is 3.07. The number of ether oxygens (including phenoxy) is 1. The molecule has 0 saturated carbocycles. The summed E-state index contributed by atoms with van der Waals surface area (Å²) >= 11 is 1.38. The number of nitrogens with two attached hydrogens (primary N) is 2. The maximum atomic E-state index is 5.33. The quantitative estimate of drug-likeness (QED) is 0.552. The summed E-state index contributed by atoms with van der Waals surface area (Å²) in [5, 5.41) is 2.42. The molecule has 1 saturated heterocycles. The zero-order valence-corrected chi connectivity index (χ0v) is 11.6. The number of hydrogen-bond acceptors (Lipinski definition) is 6. The monoisotopic (exact) mass is 293 g/mol. The van der Waals surface area contributed by atoms with Crippen LogP contribution in [0, 0.1) is 0 Å². The summed E-state index contributed by atoms with van der Waals surface area (Å²) in [4.78, 5) is 18.0. The number of rotatable bonds is 3. The molecule has 2 aromatic heterocycles. The van der Waals surface area contributed by atoms with E-state index in [1.807, 2.05) is 5.38 Å². The van der Waals surface area contributed by atoms with E-state index in [1.165, 1.54) is 11.3 Å². The lowest BCUT2D eigenvalue weighted by Crippen LogP contribution is -2.36. The van der Waals surface area contributed by atoms with Crippen LogP contribution < -0.4 is 16.4 Å². The van der Waals surface area contributed by atoms with Crippen molar-refractivity contribution in [1.29, 1.82) is 0 Å². The van der Waals surface area contributed by atoms with Crippen LogP contribution in [0.3, 0.4) is 0 Å². The van der Waals surface area contributed by atoms with Crippen molar-refractivity contribution in [3.05, 3.63) is 11.6 Å². The molecule has 0 atom stereocenters. The highest BCUT2D eigenvalue weighted by Crippen LogP contribution is 2.26. The van der Waals surface area contributed by atoms with Crippen molar-refractivity contribution in [2.75, 3.05) is 31.2 Å². The van der Waals surface area contributed by atoms with Crippen LogP contribution in [0.15, 0.2) is 16.6 Å². The first-order chi connectivity index (χ1) is 9.72. The zero-order chi connectivity index (χ0) is 13.9. The van der Waals surface area contributed by atoms with E-state index in [-0.39, 0.29) is 5.96 Å². The predicted molar refractivity (Wildman–Crippen MR) is 78.2 cm³/mol. The fourth-order valence-corrected chi connectivity index (χ4v) is 2.63. The molecule has 0 bridgehead atoms. The molecule has 20 heavy (non-hydrogen) atoms. The number of hydrogen-bond donors (Lipinski definition) is 3. The minimum absolute atomic E-state index is 0.00418. The smallest absolute Gasteiger partial charge is 0.212 e. The third kappa shape index (κ3) is 2.73. The van der Waals surface area contributed by atoms with Crippen LogP contribution in [0.5, 0.6) is 0 Å². The van der Waals surface area contributed by atoms with Crippen LogP contribution in [0.1, 0.15) is 0 Å². The fraction of sp³-hybridized carbons (Fsp3) is 0.364. The Morgan fingerprint density at radius 2 is 2.20 bits per heavy atom. The average molecular weight is 293 g/mol. The number of H-pyrrole nitrogens is 1. The standard InChI is InChI=1S/C11H15N7OS/c12-9(13)17-11-16-8(6-20-11)7-5-14-10(15-7)18-1-3-19-4-2-18/h5-6H,1-4H2,(H,14,15)(H4,12,13,16,17). The van der Waals surface area contributed by atoms with Gasteiger partial charge in [0.25, 0.3) is 0 Å². The molecule has 5 N–H and O–H groups in total. The maximum absolute atomic E-state index is 5.33. The van der Waals surface area contributed by atoms with Gasteiger partial charge < -0.3 is 26.1 Å². The number of nitrogens with one attached hydrogen (secondary N) is 1. The lowest BCUT2D eigenvalue weighted by atomic mass is 10.4. The molecule has 0 unspecified atom stereocenters. The highest BCUT2D eigenvalue weighted by Gasteiger charge is 2.15. The Bertz CT molecular complexity index is 610. The minimum Gasteiger partial charge on any atom is -0.378 e. The van der Waals surface area contributed by atoms with Gasteiger partial charge in [-0.05, 0) is 0 Å². The van der Waals surface area contributed by atoms with Gasteiger partial charge in [-0.3, -0.25) is 0 Å². The van der Waals surface area contributed by atoms with E-state index in [9.17, 15) is 0 Å². The molecule has 1 fully saturated rings. The third-order valence-corrected chi connectivity index (χ3v) is 3.60. The lowest BCUT2D eigenvalue weighted by molar-refractivity contribution is 0.122.